The second-order valence-electron chi connectivity index (χ2n) is 7.58. The van der Waals surface area contributed by atoms with Gasteiger partial charge >= 0.3 is 0 Å². The summed E-state index contributed by atoms with van der Waals surface area (Å²) in [7, 11) is 0. The Morgan fingerprint density at radius 2 is 2.04 bits per heavy atom. The fraction of sp³-hybridized carbons (Fsp3) is 0.500. The summed E-state index contributed by atoms with van der Waals surface area (Å²) >= 11 is 0. The SMILES string of the molecule is NCC1(C2CCOCC2)CCN(C(=O)c2cnn(-c3ccc(F)cc3)c2)C1. The number of carbonyl (C=O) groups excluding carboxylic acids is 1. The number of rotatable bonds is 4. The number of likely N-dealkylation sites (tertiary alicyclic amines) is 1. The first-order valence-electron chi connectivity index (χ1n) is 9.49. The number of carbonyl (C=O) groups is 1. The molecule has 4 rings (SSSR count). The Morgan fingerprint density at radius 1 is 1.30 bits per heavy atom. The average Bonchev–Trinajstić information content (AvgIpc) is 3.37. The van der Waals surface area contributed by atoms with Crippen LogP contribution in [0, 0.1) is 17.2 Å². The number of nitrogens with zero attached hydrogens (tertiary/aromatic N) is 3. The lowest BCUT2D eigenvalue weighted by Gasteiger charge is -2.38. The molecule has 7 heteroatoms. The minimum absolute atomic E-state index is 0.00755. The van der Waals surface area contributed by atoms with Crippen molar-refractivity contribution in [1.29, 1.82) is 0 Å². The third kappa shape index (κ3) is 3.49. The van der Waals surface area contributed by atoms with Gasteiger partial charge in [0.05, 0.1) is 17.4 Å². The van der Waals surface area contributed by atoms with Gasteiger partial charge in [-0.15, -0.1) is 0 Å². The van der Waals surface area contributed by atoms with Crippen LogP contribution in [-0.4, -0.2) is 53.4 Å². The molecule has 0 aliphatic carbocycles. The zero-order valence-corrected chi connectivity index (χ0v) is 15.3. The van der Waals surface area contributed by atoms with E-state index in [4.69, 9.17) is 10.5 Å². The Balaban J connectivity index is 1.48. The predicted molar refractivity (Wildman–Crippen MR) is 99.1 cm³/mol. The van der Waals surface area contributed by atoms with E-state index in [0.29, 0.717) is 24.6 Å². The predicted octanol–water partition coefficient (Wildman–Crippen LogP) is 2.23. The van der Waals surface area contributed by atoms with Crippen LogP contribution in [0.2, 0.25) is 0 Å². The van der Waals surface area contributed by atoms with E-state index < -0.39 is 0 Å². The monoisotopic (exact) mass is 372 g/mol. The lowest BCUT2D eigenvalue weighted by Crippen LogP contribution is -2.43. The molecule has 1 aromatic heterocycles. The first-order valence-corrected chi connectivity index (χ1v) is 9.49. The molecule has 3 heterocycles. The van der Waals surface area contributed by atoms with Gasteiger partial charge in [0.25, 0.3) is 5.91 Å². The van der Waals surface area contributed by atoms with Crippen LogP contribution in [-0.2, 0) is 4.74 Å². The lowest BCUT2D eigenvalue weighted by molar-refractivity contribution is 0.0158. The normalized spacial score (nSPS) is 23.7. The van der Waals surface area contributed by atoms with Gasteiger partial charge in [-0.1, -0.05) is 0 Å². The van der Waals surface area contributed by atoms with E-state index in [2.05, 4.69) is 5.10 Å². The summed E-state index contributed by atoms with van der Waals surface area (Å²) < 4.78 is 20.2. The topological polar surface area (TPSA) is 73.4 Å². The van der Waals surface area contributed by atoms with Gasteiger partial charge in [0.2, 0.25) is 0 Å². The molecule has 2 aliphatic rings. The second kappa shape index (κ2) is 7.40. The number of benzene rings is 1. The Bertz CT molecular complexity index is 801. The summed E-state index contributed by atoms with van der Waals surface area (Å²) in [6, 6.07) is 6.03. The number of aromatic nitrogens is 2. The summed E-state index contributed by atoms with van der Waals surface area (Å²) in [5.74, 6) is 0.187. The highest BCUT2D eigenvalue weighted by Gasteiger charge is 2.45. The van der Waals surface area contributed by atoms with Crippen LogP contribution < -0.4 is 5.73 Å². The van der Waals surface area contributed by atoms with Crippen LogP contribution in [0.4, 0.5) is 4.39 Å². The van der Waals surface area contributed by atoms with E-state index in [1.54, 1.807) is 29.2 Å². The minimum atomic E-state index is -0.300. The third-order valence-electron chi connectivity index (χ3n) is 6.09. The van der Waals surface area contributed by atoms with Crippen LogP contribution >= 0.6 is 0 Å². The Hall–Kier alpha value is -2.25. The number of halogens is 1. The maximum atomic E-state index is 13.1. The fourth-order valence-electron chi connectivity index (χ4n) is 4.40. The van der Waals surface area contributed by atoms with E-state index in [9.17, 15) is 9.18 Å². The van der Waals surface area contributed by atoms with Crippen LogP contribution in [0.5, 0.6) is 0 Å². The summed E-state index contributed by atoms with van der Waals surface area (Å²) in [5.41, 5.74) is 7.42. The van der Waals surface area contributed by atoms with Crippen molar-refractivity contribution < 1.29 is 13.9 Å². The molecule has 2 aromatic rings. The molecule has 6 nitrogen and oxygen atoms in total. The van der Waals surface area contributed by atoms with Crippen LogP contribution in [0.1, 0.15) is 29.6 Å². The highest BCUT2D eigenvalue weighted by Crippen LogP contribution is 2.42. The van der Waals surface area contributed by atoms with E-state index in [-0.39, 0.29) is 17.1 Å². The van der Waals surface area contributed by atoms with Crippen molar-refractivity contribution in [2.24, 2.45) is 17.1 Å². The number of ether oxygens (including phenoxy) is 1. The molecule has 2 saturated heterocycles. The maximum absolute atomic E-state index is 13.1. The van der Waals surface area contributed by atoms with Gasteiger partial charge in [0, 0.05) is 37.9 Å². The van der Waals surface area contributed by atoms with Crippen molar-refractivity contribution in [2.45, 2.75) is 19.3 Å². The summed E-state index contributed by atoms with van der Waals surface area (Å²) in [4.78, 5) is 14.9. The van der Waals surface area contributed by atoms with Crippen LogP contribution in [0.15, 0.2) is 36.7 Å². The highest BCUT2D eigenvalue weighted by molar-refractivity contribution is 5.94. The summed E-state index contributed by atoms with van der Waals surface area (Å²) in [6.45, 7) is 3.57. The van der Waals surface area contributed by atoms with Gasteiger partial charge in [-0.25, -0.2) is 9.07 Å². The summed E-state index contributed by atoms with van der Waals surface area (Å²) in [6.07, 6.45) is 6.24. The largest absolute Gasteiger partial charge is 0.381 e. The molecule has 1 unspecified atom stereocenters. The summed E-state index contributed by atoms with van der Waals surface area (Å²) in [5, 5.41) is 4.26. The first-order chi connectivity index (χ1) is 13.1. The Morgan fingerprint density at radius 3 is 2.74 bits per heavy atom. The van der Waals surface area contributed by atoms with Crippen molar-refractivity contribution in [3.63, 3.8) is 0 Å². The fourth-order valence-corrected chi connectivity index (χ4v) is 4.40. The molecule has 1 aromatic carbocycles. The molecule has 2 fully saturated rings. The van der Waals surface area contributed by atoms with Crippen molar-refractivity contribution in [3.8, 4) is 5.69 Å². The van der Waals surface area contributed by atoms with Gasteiger partial charge in [-0.2, -0.15) is 5.10 Å². The molecule has 1 atom stereocenters. The average molecular weight is 372 g/mol. The maximum Gasteiger partial charge on any atom is 0.257 e. The molecule has 144 valence electrons. The highest BCUT2D eigenvalue weighted by atomic mass is 19.1. The number of nitrogens with two attached hydrogens (primary N) is 1. The Kier molecular flexibility index (Phi) is 4.97. The molecule has 2 N–H and O–H groups in total. The molecule has 2 aliphatic heterocycles. The van der Waals surface area contributed by atoms with Gasteiger partial charge in [-0.05, 0) is 56.0 Å². The van der Waals surface area contributed by atoms with E-state index >= 15 is 0 Å². The van der Waals surface area contributed by atoms with E-state index in [0.717, 1.165) is 44.7 Å². The Labute approximate surface area is 158 Å². The van der Waals surface area contributed by atoms with Crippen molar-refractivity contribution >= 4 is 5.91 Å². The number of amides is 1. The van der Waals surface area contributed by atoms with Gasteiger partial charge in [0.1, 0.15) is 5.82 Å². The zero-order valence-electron chi connectivity index (χ0n) is 15.3. The van der Waals surface area contributed by atoms with Gasteiger partial charge in [-0.3, -0.25) is 4.79 Å². The van der Waals surface area contributed by atoms with Crippen molar-refractivity contribution in [2.75, 3.05) is 32.8 Å². The zero-order chi connectivity index (χ0) is 18.9. The van der Waals surface area contributed by atoms with Crippen LogP contribution in [0.25, 0.3) is 5.69 Å². The second-order valence-corrected chi connectivity index (χ2v) is 7.58. The smallest absolute Gasteiger partial charge is 0.257 e. The lowest BCUT2D eigenvalue weighted by atomic mass is 9.71. The van der Waals surface area contributed by atoms with Gasteiger partial charge < -0.3 is 15.4 Å². The number of hydrogen-bond acceptors (Lipinski definition) is 4. The quantitative estimate of drug-likeness (QED) is 0.893. The molecule has 0 radical (unpaired) electrons. The standard InChI is InChI=1S/C20H25FN4O2/c21-17-1-3-18(4-2-17)25-12-15(11-23-25)19(26)24-8-7-20(13-22,14-24)16-5-9-27-10-6-16/h1-4,11-12,16H,5-10,13-14,22H2. The van der Waals surface area contributed by atoms with E-state index in [1.807, 2.05) is 4.90 Å². The van der Waals surface area contributed by atoms with Crippen molar-refractivity contribution in [1.82, 2.24) is 14.7 Å². The molecule has 0 spiro atoms. The van der Waals surface area contributed by atoms with Crippen LogP contribution in [0.3, 0.4) is 0 Å². The molecule has 1 amide bonds. The minimum Gasteiger partial charge on any atom is -0.381 e. The van der Waals surface area contributed by atoms with E-state index in [1.165, 1.54) is 12.1 Å². The molecule has 27 heavy (non-hydrogen) atoms. The molecular formula is C20H25FN4O2. The molecule has 0 saturated carbocycles. The molecular weight excluding hydrogens is 347 g/mol. The van der Waals surface area contributed by atoms with Gasteiger partial charge in [0.15, 0.2) is 0 Å². The first kappa shape index (κ1) is 18.1. The number of hydrogen-bond donors (Lipinski definition) is 1. The third-order valence-corrected chi connectivity index (χ3v) is 6.09. The molecule has 0 bridgehead atoms. The van der Waals surface area contributed by atoms with Crippen molar-refractivity contribution in [3.05, 3.63) is 48.0 Å².